The van der Waals surface area contributed by atoms with Gasteiger partial charge in [-0.1, -0.05) is 31.4 Å². The lowest BCUT2D eigenvalue weighted by Crippen LogP contribution is -2.50. The first-order valence-electron chi connectivity index (χ1n) is 11.7. The summed E-state index contributed by atoms with van der Waals surface area (Å²) in [5, 5.41) is 8.82. The van der Waals surface area contributed by atoms with Crippen molar-refractivity contribution in [3.8, 4) is 5.75 Å². The van der Waals surface area contributed by atoms with E-state index in [1.54, 1.807) is 67.4 Å². The fourth-order valence-corrected chi connectivity index (χ4v) is 4.49. The minimum atomic E-state index is -0.632. The fourth-order valence-electron chi connectivity index (χ4n) is 4.02. The Balaban J connectivity index is 1.70. The second kappa shape index (κ2) is 13.0. The molecule has 0 bridgehead atoms. The summed E-state index contributed by atoms with van der Waals surface area (Å²) in [6, 6.07) is 13.1. The van der Waals surface area contributed by atoms with Crippen molar-refractivity contribution < 1.29 is 19.1 Å². The monoisotopic (exact) mass is 483 g/mol. The molecule has 0 aromatic heterocycles. The van der Waals surface area contributed by atoms with Crippen LogP contribution < -0.4 is 20.7 Å². The first-order valence-corrected chi connectivity index (χ1v) is 13.1. The molecule has 0 heterocycles. The van der Waals surface area contributed by atoms with Gasteiger partial charge in [-0.05, 0) is 67.7 Å². The molecule has 0 saturated heterocycles. The summed E-state index contributed by atoms with van der Waals surface area (Å²) >= 11 is 1.63. The highest BCUT2D eigenvalue weighted by atomic mass is 32.2. The maximum absolute atomic E-state index is 13.2. The van der Waals surface area contributed by atoms with Crippen LogP contribution in [0.4, 0.5) is 5.69 Å². The van der Waals surface area contributed by atoms with E-state index in [1.165, 1.54) is 6.42 Å². The Morgan fingerprint density at radius 3 is 2.38 bits per heavy atom. The van der Waals surface area contributed by atoms with Crippen LogP contribution in [0.1, 0.15) is 59.2 Å². The molecule has 182 valence electrons. The smallest absolute Gasteiger partial charge is 0.255 e. The van der Waals surface area contributed by atoms with E-state index in [9.17, 15) is 14.4 Å². The second-order valence-electron chi connectivity index (χ2n) is 8.38. The minimum Gasteiger partial charge on any atom is -0.497 e. The van der Waals surface area contributed by atoms with E-state index < -0.39 is 11.9 Å². The number of carbonyl (C=O) groups excluding carboxylic acids is 3. The molecule has 3 N–H and O–H groups in total. The highest BCUT2D eigenvalue weighted by Crippen LogP contribution is 2.20. The van der Waals surface area contributed by atoms with Crippen LogP contribution in [-0.4, -0.2) is 48.9 Å². The van der Waals surface area contributed by atoms with Crippen LogP contribution in [0.15, 0.2) is 48.5 Å². The van der Waals surface area contributed by atoms with Crippen molar-refractivity contribution >= 4 is 35.2 Å². The average molecular weight is 484 g/mol. The first kappa shape index (κ1) is 25.6. The van der Waals surface area contributed by atoms with Gasteiger partial charge >= 0.3 is 0 Å². The number of benzene rings is 2. The number of nitrogens with one attached hydrogen (secondary N) is 3. The predicted molar refractivity (Wildman–Crippen MR) is 137 cm³/mol. The second-order valence-corrected chi connectivity index (χ2v) is 9.36. The van der Waals surface area contributed by atoms with E-state index in [1.807, 2.05) is 6.26 Å². The van der Waals surface area contributed by atoms with E-state index in [2.05, 4.69) is 16.0 Å². The summed E-state index contributed by atoms with van der Waals surface area (Å²) in [5.41, 5.74) is 1.14. The Morgan fingerprint density at radius 1 is 1.00 bits per heavy atom. The van der Waals surface area contributed by atoms with Gasteiger partial charge in [0.1, 0.15) is 11.8 Å². The third-order valence-corrected chi connectivity index (χ3v) is 6.60. The topological polar surface area (TPSA) is 96.5 Å². The molecule has 2 aromatic rings. The van der Waals surface area contributed by atoms with E-state index in [-0.39, 0.29) is 17.9 Å². The molecule has 0 spiro atoms. The lowest BCUT2D eigenvalue weighted by atomic mass is 9.95. The quantitative estimate of drug-likeness (QED) is 0.470. The number of anilines is 1. The molecule has 1 aliphatic carbocycles. The number of amides is 3. The summed E-state index contributed by atoms with van der Waals surface area (Å²) in [6.07, 6.45) is 7.91. The van der Waals surface area contributed by atoms with Crippen molar-refractivity contribution in [3.63, 3.8) is 0 Å². The number of hydrogen-bond acceptors (Lipinski definition) is 5. The highest BCUT2D eigenvalue weighted by molar-refractivity contribution is 7.98. The van der Waals surface area contributed by atoms with Gasteiger partial charge in [0.15, 0.2) is 0 Å². The van der Waals surface area contributed by atoms with Crippen LogP contribution in [0.3, 0.4) is 0 Å². The Morgan fingerprint density at radius 2 is 1.71 bits per heavy atom. The van der Waals surface area contributed by atoms with Gasteiger partial charge in [-0.3, -0.25) is 14.4 Å². The van der Waals surface area contributed by atoms with E-state index in [0.717, 1.165) is 31.4 Å². The maximum atomic E-state index is 13.2. The maximum Gasteiger partial charge on any atom is 0.255 e. The molecular weight excluding hydrogens is 450 g/mol. The lowest BCUT2D eigenvalue weighted by molar-refractivity contribution is -0.123. The molecule has 3 amide bonds. The van der Waals surface area contributed by atoms with Crippen LogP contribution in [0, 0.1) is 0 Å². The van der Waals surface area contributed by atoms with Gasteiger partial charge in [0, 0.05) is 11.6 Å². The van der Waals surface area contributed by atoms with Gasteiger partial charge in [-0.15, -0.1) is 0 Å². The molecule has 34 heavy (non-hydrogen) atoms. The third kappa shape index (κ3) is 7.25. The van der Waals surface area contributed by atoms with E-state index in [0.29, 0.717) is 29.0 Å². The summed E-state index contributed by atoms with van der Waals surface area (Å²) in [6.45, 7) is 0. The minimum absolute atomic E-state index is 0.144. The summed E-state index contributed by atoms with van der Waals surface area (Å²) < 4.78 is 5.13. The van der Waals surface area contributed by atoms with Gasteiger partial charge in [-0.25, -0.2) is 0 Å². The van der Waals surface area contributed by atoms with Crippen molar-refractivity contribution in [2.24, 2.45) is 0 Å². The number of ether oxygens (including phenoxy) is 1. The molecule has 3 rings (SSSR count). The van der Waals surface area contributed by atoms with Gasteiger partial charge in [-0.2, -0.15) is 11.8 Å². The molecule has 2 aromatic carbocycles. The summed E-state index contributed by atoms with van der Waals surface area (Å²) in [5.74, 6) is 0.527. The zero-order chi connectivity index (χ0) is 24.3. The van der Waals surface area contributed by atoms with Gasteiger partial charge in [0.2, 0.25) is 5.91 Å². The van der Waals surface area contributed by atoms with Crippen LogP contribution in [-0.2, 0) is 4.79 Å². The molecule has 0 radical (unpaired) electrons. The first-order chi connectivity index (χ1) is 16.5. The van der Waals surface area contributed by atoms with Crippen molar-refractivity contribution in [3.05, 3.63) is 59.7 Å². The zero-order valence-electron chi connectivity index (χ0n) is 19.8. The fraction of sp³-hybridized carbons (Fsp3) is 0.423. The van der Waals surface area contributed by atoms with Crippen molar-refractivity contribution in [2.75, 3.05) is 24.4 Å². The number of carbonyl (C=O) groups is 3. The average Bonchev–Trinajstić information content (AvgIpc) is 2.87. The summed E-state index contributed by atoms with van der Waals surface area (Å²) in [7, 11) is 1.56. The number of rotatable bonds is 10. The van der Waals surface area contributed by atoms with Crippen LogP contribution in [0.5, 0.6) is 5.75 Å². The van der Waals surface area contributed by atoms with Crippen molar-refractivity contribution in [1.82, 2.24) is 10.6 Å². The van der Waals surface area contributed by atoms with E-state index >= 15 is 0 Å². The molecule has 1 saturated carbocycles. The molecule has 0 unspecified atom stereocenters. The van der Waals surface area contributed by atoms with Crippen molar-refractivity contribution in [2.45, 2.75) is 50.6 Å². The number of methoxy groups -OCH3 is 1. The molecule has 8 heteroatoms. The SMILES string of the molecule is COc1ccc(C(=O)Nc2ccccc2C(=O)N[C@@H](CCSC)C(=O)NC2CCCCC2)cc1. The predicted octanol–water partition coefficient (Wildman–Crippen LogP) is 4.25. The lowest BCUT2D eigenvalue weighted by Gasteiger charge is -2.26. The normalized spacial score (nSPS) is 14.6. The Kier molecular flexibility index (Phi) is 9.82. The standard InChI is InChI=1S/C26H33N3O4S/c1-33-20-14-12-18(13-15-20)24(30)28-22-11-7-6-10-21(22)25(31)29-23(16-17-34-2)26(32)27-19-8-4-3-5-9-19/h6-7,10-15,19,23H,3-5,8-9,16-17H2,1-2H3,(H,27,32)(H,28,30)(H,29,31)/t23-/m0/s1. The molecule has 0 aliphatic heterocycles. The molecule has 7 nitrogen and oxygen atoms in total. The Bertz CT molecular complexity index is 974. The summed E-state index contributed by atoms with van der Waals surface area (Å²) in [4.78, 5) is 38.9. The number of thioether (sulfide) groups is 1. The van der Waals surface area contributed by atoms with Crippen molar-refractivity contribution in [1.29, 1.82) is 0 Å². The Labute approximate surface area is 205 Å². The largest absolute Gasteiger partial charge is 0.497 e. The molecule has 1 fully saturated rings. The van der Waals surface area contributed by atoms with Crippen LogP contribution in [0.25, 0.3) is 0 Å². The van der Waals surface area contributed by atoms with E-state index in [4.69, 9.17) is 4.74 Å². The molecular formula is C26H33N3O4S. The van der Waals surface area contributed by atoms with Crippen LogP contribution >= 0.6 is 11.8 Å². The zero-order valence-corrected chi connectivity index (χ0v) is 20.6. The number of para-hydroxylation sites is 1. The van der Waals surface area contributed by atoms with Gasteiger partial charge in [0.05, 0.1) is 18.4 Å². The number of hydrogen-bond donors (Lipinski definition) is 3. The third-order valence-electron chi connectivity index (χ3n) is 5.96. The van der Waals surface area contributed by atoms with Crippen LogP contribution in [0.2, 0.25) is 0 Å². The Hall–Kier alpha value is -3.00. The molecule has 1 atom stereocenters. The molecule has 1 aliphatic rings. The highest BCUT2D eigenvalue weighted by Gasteiger charge is 2.25. The van der Waals surface area contributed by atoms with Gasteiger partial charge < -0.3 is 20.7 Å². The van der Waals surface area contributed by atoms with Gasteiger partial charge in [0.25, 0.3) is 11.8 Å².